The van der Waals surface area contributed by atoms with Gasteiger partial charge in [-0.2, -0.15) is 0 Å². The molecule has 1 aromatic rings. The van der Waals surface area contributed by atoms with Gasteiger partial charge in [-0.25, -0.2) is 4.39 Å². The lowest BCUT2D eigenvalue weighted by molar-refractivity contribution is 0.351. The van der Waals surface area contributed by atoms with Crippen molar-refractivity contribution in [3.05, 3.63) is 24.0 Å². The van der Waals surface area contributed by atoms with Crippen molar-refractivity contribution in [3.63, 3.8) is 0 Å². The second-order valence-electron chi connectivity index (χ2n) is 5.63. The third kappa shape index (κ3) is 2.95. The van der Waals surface area contributed by atoms with Crippen LogP contribution in [0.4, 0.5) is 15.8 Å². The molecule has 0 bridgehead atoms. The molecule has 18 heavy (non-hydrogen) atoms. The summed E-state index contributed by atoms with van der Waals surface area (Å²) in [5.74, 6) is 1.30. The molecule has 0 amide bonds. The molecular weight excluding hydrogens is 227 g/mol. The van der Waals surface area contributed by atoms with Gasteiger partial charge in [0.1, 0.15) is 5.82 Å². The van der Waals surface area contributed by atoms with Crippen molar-refractivity contribution in [1.82, 2.24) is 0 Å². The van der Waals surface area contributed by atoms with Gasteiger partial charge >= 0.3 is 0 Å². The third-order valence-corrected chi connectivity index (χ3v) is 4.03. The zero-order chi connectivity index (χ0) is 13.1. The summed E-state index contributed by atoms with van der Waals surface area (Å²) >= 11 is 0. The highest BCUT2D eigenvalue weighted by Gasteiger charge is 2.21. The Labute approximate surface area is 109 Å². The summed E-state index contributed by atoms with van der Waals surface area (Å²) in [6.07, 6.45) is 3.55. The van der Waals surface area contributed by atoms with Crippen molar-refractivity contribution in [3.8, 4) is 0 Å². The monoisotopic (exact) mass is 250 g/mol. The van der Waals surface area contributed by atoms with Crippen molar-refractivity contribution < 1.29 is 4.39 Å². The molecule has 0 aliphatic carbocycles. The normalized spacial score (nSPS) is 21.1. The van der Waals surface area contributed by atoms with E-state index in [1.165, 1.54) is 12.5 Å². The van der Waals surface area contributed by atoms with Crippen LogP contribution in [0.5, 0.6) is 0 Å². The SMILES string of the molecule is CC(C)C1CCCN(c2ccc(N)cc2F)CC1. The van der Waals surface area contributed by atoms with Crippen LogP contribution < -0.4 is 10.6 Å². The molecule has 0 radical (unpaired) electrons. The summed E-state index contributed by atoms with van der Waals surface area (Å²) in [7, 11) is 0. The first-order valence-electron chi connectivity index (χ1n) is 6.88. The van der Waals surface area contributed by atoms with Crippen LogP contribution in [0.2, 0.25) is 0 Å². The molecule has 2 rings (SSSR count). The van der Waals surface area contributed by atoms with Crippen LogP contribution >= 0.6 is 0 Å². The fraction of sp³-hybridized carbons (Fsp3) is 0.600. The molecule has 0 saturated carbocycles. The lowest BCUT2D eigenvalue weighted by Crippen LogP contribution is -2.25. The van der Waals surface area contributed by atoms with E-state index in [4.69, 9.17) is 5.73 Å². The van der Waals surface area contributed by atoms with E-state index in [1.807, 2.05) is 0 Å². The molecule has 1 saturated heterocycles. The Hall–Kier alpha value is -1.25. The van der Waals surface area contributed by atoms with E-state index in [2.05, 4.69) is 18.7 Å². The molecule has 0 spiro atoms. The summed E-state index contributed by atoms with van der Waals surface area (Å²) in [6.45, 7) is 6.46. The first-order valence-corrected chi connectivity index (χ1v) is 6.88. The maximum Gasteiger partial charge on any atom is 0.148 e. The fourth-order valence-electron chi connectivity index (χ4n) is 2.81. The average molecular weight is 250 g/mol. The van der Waals surface area contributed by atoms with Crippen molar-refractivity contribution in [1.29, 1.82) is 0 Å². The van der Waals surface area contributed by atoms with E-state index in [0.717, 1.165) is 37.8 Å². The van der Waals surface area contributed by atoms with Gasteiger partial charge in [0.15, 0.2) is 0 Å². The first-order chi connectivity index (χ1) is 8.58. The average Bonchev–Trinajstić information content (AvgIpc) is 2.54. The molecule has 0 aromatic heterocycles. The Kier molecular flexibility index (Phi) is 4.10. The molecule has 1 unspecified atom stereocenters. The summed E-state index contributed by atoms with van der Waals surface area (Å²) in [6, 6.07) is 5.00. The largest absolute Gasteiger partial charge is 0.399 e. The number of benzene rings is 1. The van der Waals surface area contributed by atoms with Crippen molar-refractivity contribution in [2.45, 2.75) is 33.1 Å². The quantitative estimate of drug-likeness (QED) is 0.811. The molecule has 1 aliphatic rings. The van der Waals surface area contributed by atoms with Gasteiger partial charge in [0.25, 0.3) is 0 Å². The van der Waals surface area contributed by atoms with Crippen molar-refractivity contribution in [2.24, 2.45) is 11.8 Å². The van der Waals surface area contributed by atoms with Gasteiger partial charge in [0, 0.05) is 18.8 Å². The van der Waals surface area contributed by atoms with E-state index < -0.39 is 0 Å². The second kappa shape index (κ2) is 5.59. The molecule has 1 fully saturated rings. The van der Waals surface area contributed by atoms with Gasteiger partial charge < -0.3 is 10.6 Å². The number of nitrogens with zero attached hydrogens (tertiary/aromatic N) is 1. The maximum absolute atomic E-state index is 13.9. The highest BCUT2D eigenvalue weighted by Crippen LogP contribution is 2.29. The second-order valence-corrected chi connectivity index (χ2v) is 5.63. The lowest BCUT2D eigenvalue weighted by atomic mass is 9.89. The molecule has 2 N–H and O–H groups in total. The number of rotatable bonds is 2. The fourth-order valence-corrected chi connectivity index (χ4v) is 2.81. The van der Waals surface area contributed by atoms with Crippen LogP contribution in [0, 0.1) is 17.7 Å². The van der Waals surface area contributed by atoms with Crippen molar-refractivity contribution >= 4 is 11.4 Å². The minimum Gasteiger partial charge on any atom is -0.399 e. The zero-order valence-electron chi connectivity index (χ0n) is 11.3. The number of nitrogens with two attached hydrogens (primary N) is 1. The lowest BCUT2D eigenvalue weighted by Gasteiger charge is -2.24. The Morgan fingerprint density at radius 3 is 2.72 bits per heavy atom. The van der Waals surface area contributed by atoms with Crippen LogP contribution in [0.15, 0.2) is 18.2 Å². The molecule has 1 aromatic carbocycles. The van der Waals surface area contributed by atoms with E-state index >= 15 is 0 Å². The number of hydrogen-bond donors (Lipinski definition) is 1. The molecular formula is C15H23FN2. The summed E-state index contributed by atoms with van der Waals surface area (Å²) in [5.41, 5.74) is 6.79. The van der Waals surface area contributed by atoms with Gasteiger partial charge in [-0.1, -0.05) is 13.8 Å². The Morgan fingerprint density at radius 2 is 2.06 bits per heavy atom. The predicted octanol–water partition coefficient (Wildman–Crippen LogP) is 3.67. The highest BCUT2D eigenvalue weighted by atomic mass is 19.1. The summed E-state index contributed by atoms with van der Waals surface area (Å²) in [5, 5.41) is 0. The van der Waals surface area contributed by atoms with E-state index in [-0.39, 0.29) is 5.82 Å². The third-order valence-electron chi connectivity index (χ3n) is 4.03. The number of halogens is 1. The Morgan fingerprint density at radius 1 is 1.28 bits per heavy atom. The van der Waals surface area contributed by atoms with Gasteiger partial charge in [0.2, 0.25) is 0 Å². The molecule has 100 valence electrons. The van der Waals surface area contributed by atoms with Crippen LogP contribution in [0.1, 0.15) is 33.1 Å². The van der Waals surface area contributed by atoms with Crippen LogP contribution in [0.3, 0.4) is 0 Å². The van der Waals surface area contributed by atoms with Gasteiger partial charge in [-0.05, 0) is 49.3 Å². The topological polar surface area (TPSA) is 29.3 Å². The van der Waals surface area contributed by atoms with E-state index in [1.54, 1.807) is 12.1 Å². The molecule has 3 heteroatoms. The molecule has 2 nitrogen and oxygen atoms in total. The first kappa shape index (κ1) is 13.2. The van der Waals surface area contributed by atoms with Crippen molar-refractivity contribution in [2.75, 3.05) is 23.7 Å². The van der Waals surface area contributed by atoms with Gasteiger partial charge in [-0.3, -0.25) is 0 Å². The van der Waals surface area contributed by atoms with Crippen LogP contribution in [-0.2, 0) is 0 Å². The maximum atomic E-state index is 13.9. The summed E-state index contributed by atoms with van der Waals surface area (Å²) in [4.78, 5) is 2.16. The Balaban J connectivity index is 2.10. The van der Waals surface area contributed by atoms with Gasteiger partial charge in [-0.15, -0.1) is 0 Å². The number of nitrogen functional groups attached to an aromatic ring is 1. The van der Waals surface area contributed by atoms with E-state index in [9.17, 15) is 4.39 Å². The van der Waals surface area contributed by atoms with Crippen LogP contribution in [-0.4, -0.2) is 13.1 Å². The molecule has 1 heterocycles. The minimum absolute atomic E-state index is 0.196. The Bertz CT molecular complexity index is 403. The number of hydrogen-bond acceptors (Lipinski definition) is 2. The summed E-state index contributed by atoms with van der Waals surface area (Å²) < 4.78 is 13.9. The van der Waals surface area contributed by atoms with Crippen LogP contribution in [0.25, 0.3) is 0 Å². The standard InChI is InChI=1S/C15H23FN2/c1-11(2)12-4-3-8-18(9-7-12)15-6-5-13(17)10-14(15)16/h5-6,10-12H,3-4,7-9,17H2,1-2H3. The number of anilines is 2. The smallest absolute Gasteiger partial charge is 0.148 e. The zero-order valence-corrected chi connectivity index (χ0v) is 11.3. The van der Waals surface area contributed by atoms with Gasteiger partial charge in [0.05, 0.1) is 5.69 Å². The minimum atomic E-state index is -0.196. The highest BCUT2D eigenvalue weighted by molar-refractivity contribution is 5.54. The molecule has 1 aliphatic heterocycles. The molecule has 1 atom stereocenters. The van der Waals surface area contributed by atoms with E-state index in [0.29, 0.717) is 11.4 Å². The predicted molar refractivity (Wildman–Crippen MR) is 75.2 cm³/mol.